The van der Waals surface area contributed by atoms with Gasteiger partial charge in [-0.05, 0) is 17.7 Å². The minimum atomic E-state index is 0.0831. The van der Waals surface area contributed by atoms with E-state index < -0.39 is 0 Å². The molecule has 106 valence electrons. The van der Waals surface area contributed by atoms with Crippen molar-refractivity contribution in [1.29, 1.82) is 0 Å². The predicted molar refractivity (Wildman–Crippen MR) is 77.0 cm³/mol. The third kappa shape index (κ3) is 2.83. The molecule has 20 heavy (non-hydrogen) atoms. The Morgan fingerprint density at radius 2 is 1.85 bits per heavy atom. The number of aromatic nitrogens is 3. The summed E-state index contributed by atoms with van der Waals surface area (Å²) in [5, 5.41) is 13.5. The number of rotatable bonds is 3. The smallest absolute Gasteiger partial charge is 0.104 e. The fourth-order valence-electron chi connectivity index (χ4n) is 2.55. The maximum absolute atomic E-state index is 5.98. The zero-order valence-corrected chi connectivity index (χ0v) is 11.8. The van der Waals surface area contributed by atoms with Crippen LogP contribution in [0.4, 0.5) is 0 Å². The van der Waals surface area contributed by atoms with Crippen LogP contribution in [-0.4, -0.2) is 51.5 Å². The highest BCUT2D eigenvalue weighted by Crippen LogP contribution is 2.28. The minimum Gasteiger partial charge on any atom is -0.288 e. The van der Waals surface area contributed by atoms with Gasteiger partial charge in [-0.1, -0.05) is 23.7 Å². The van der Waals surface area contributed by atoms with Gasteiger partial charge in [-0.15, -0.1) is 0 Å². The standard InChI is InChI=1S/C13H17ClN6/c14-11-3-1-10(2-4-11)13(12-9-16-18-17-12)19-5-7-20(15)8-6-19/h1-4,9,13H,5-8,15H2,(H,16,17,18). The zero-order valence-electron chi connectivity index (χ0n) is 11.0. The number of nitrogens with one attached hydrogen (secondary N) is 1. The maximum atomic E-state index is 5.98. The van der Waals surface area contributed by atoms with Gasteiger partial charge in [0.1, 0.15) is 5.69 Å². The van der Waals surface area contributed by atoms with Crippen LogP contribution < -0.4 is 5.84 Å². The van der Waals surface area contributed by atoms with Crippen molar-refractivity contribution in [2.45, 2.75) is 6.04 Å². The summed E-state index contributed by atoms with van der Waals surface area (Å²) in [7, 11) is 0. The molecule has 0 spiro atoms. The van der Waals surface area contributed by atoms with Crippen LogP contribution in [0.15, 0.2) is 30.5 Å². The van der Waals surface area contributed by atoms with Gasteiger partial charge >= 0.3 is 0 Å². The van der Waals surface area contributed by atoms with E-state index in [4.69, 9.17) is 17.4 Å². The predicted octanol–water partition coefficient (Wildman–Crippen LogP) is 1.04. The Balaban J connectivity index is 1.90. The second-order valence-electron chi connectivity index (χ2n) is 4.92. The van der Waals surface area contributed by atoms with Gasteiger partial charge in [-0.2, -0.15) is 15.4 Å². The molecule has 3 N–H and O–H groups in total. The molecule has 1 saturated heterocycles. The lowest BCUT2D eigenvalue weighted by Gasteiger charge is -2.37. The fourth-order valence-corrected chi connectivity index (χ4v) is 2.68. The number of H-pyrrole nitrogens is 1. The molecule has 7 heteroatoms. The number of halogens is 1. The summed E-state index contributed by atoms with van der Waals surface area (Å²) in [4.78, 5) is 2.37. The largest absolute Gasteiger partial charge is 0.288 e. The molecule has 1 atom stereocenters. The summed E-state index contributed by atoms with van der Waals surface area (Å²) in [6.07, 6.45) is 1.77. The first kappa shape index (κ1) is 13.5. The Hall–Kier alpha value is -1.47. The van der Waals surface area contributed by atoms with Gasteiger partial charge in [0.15, 0.2) is 0 Å². The summed E-state index contributed by atoms with van der Waals surface area (Å²) in [6.45, 7) is 3.50. The van der Waals surface area contributed by atoms with E-state index in [0.717, 1.165) is 42.5 Å². The quantitative estimate of drug-likeness (QED) is 0.827. The van der Waals surface area contributed by atoms with Crippen LogP contribution in [0.1, 0.15) is 17.3 Å². The van der Waals surface area contributed by atoms with Crippen LogP contribution in [0.2, 0.25) is 5.02 Å². The molecule has 0 saturated carbocycles. The van der Waals surface area contributed by atoms with Crippen LogP contribution in [-0.2, 0) is 0 Å². The Kier molecular flexibility index (Phi) is 3.98. The number of benzene rings is 1. The van der Waals surface area contributed by atoms with E-state index in [9.17, 15) is 0 Å². The molecule has 0 bridgehead atoms. The van der Waals surface area contributed by atoms with E-state index in [1.807, 2.05) is 29.3 Å². The lowest BCUT2D eigenvalue weighted by atomic mass is 10.0. The number of nitrogens with two attached hydrogens (primary N) is 1. The second kappa shape index (κ2) is 5.88. The second-order valence-corrected chi connectivity index (χ2v) is 5.36. The molecule has 1 aliphatic heterocycles. The average Bonchev–Trinajstić information content (AvgIpc) is 2.97. The van der Waals surface area contributed by atoms with Crippen molar-refractivity contribution in [2.24, 2.45) is 5.84 Å². The van der Waals surface area contributed by atoms with Crippen molar-refractivity contribution in [3.05, 3.63) is 46.7 Å². The Morgan fingerprint density at radius 3 is 2.45 bits per heavy atom. The molecule has 6 nitrogen and oxygen atoms in total. The summed E-state index contributed by atoms with van der Waals surface area (Å²) >= 11 is 5.98. The number of piperazine rings is 1. The van der Waals surface area contributed by atoms with E-state index in [0.29, 0.717) is 0 Å². The Bertz CT molecular complexity index is 532. The summed E-state index contributed by atoms with van der Waals surface area (Å²) in [5.74, 6) is 5.83. The van der Waals surface area contributed by atoms with Crippen molar-refractivity contribution >= 4 is 11.6 Å². The normalized spacial score (nSPS) is 19.1. The first-order chi connectivity index (χ1) is 9.74. The van der Waals surface area contributed by atoms with Crippen LogP contribution in [0.5, 0.6) is 0 Å². The average molecular weight is 293 g/mol. The number of hydrogen-bond donors (Lipinski definition) is 2. The molecule has 0 radical (unpaired) electrons. The van der Waals surface area contributed by atoms with E-state index >= 15 is 0 Å². The highest BCUT2D eigenvalue weighted by atomic mass is 35.5. The third-order valence-corrected chi connectivity index (χ3v) is 3.87. The zero-order chi connectivity index (χ0) is 13.9. The van der Waals surface area contributed by atoms with Gasteiger partial charge in [0.2, 0.25) is 0 Å². The van der Waals surface area contributed by atoms with Crippen molar-refractivity contribution in [3.8, 4) is 0 Å². The number of aromatic amines is 1. The Morgan fingerprint density at radius 1 is 1.15 bits per heavy atom. The van der Waals surface area contributed by atoms with Gasteiger partial charge in [0.05, 0.1) is 12.2 Å². The Labute approximate surface area is 122 Å². The van der Waals surface area contributed by atoms with Crippen molar-refractivity contribution in [3.63, 3.8) is 0 Å². The molecule has 2 heterocycles. The van der Waals surface area contributed by atoms with E-state index in [-0.39, 0.29) is 6.04 Å². The molecule has 3 rings (SSSR count). The van der Waals surface area contributed by atoms with E-state index in [1.165, 1.54) is 0 Å². The van der Waals surface area contributed by atoms with Crippen LogP contribution >= 0.6 is 11.6 Å². The van der Waals surface area contributed by atoms with Crippen LogP contribution in [0.25, 0.3) is 0 Å². The topological polar surface area (TPSA) is 74.1 Å². The summed E-state index contributed by atoms with van der Waals surface area (Å²) in [6, 6.07) is 7.97. The first-order valence-electron chi connectivity index (χ1n) is 6.59. The number of hydrogen-bond acceptors (Lipinski definition) is 5. The number of nitrogens with zero attached hydrogens (tertiary/aromatic N) is 4. The van der Waals surface area contributed by atoms with Gasteiger partial charge in [0.25, 0.3) is 0 Å². The molecule has 1 aromatic carbocycles. The minimum absolute atomic E-state index is 0.0831. The van der Waals surface area contributed by atoms with Crippen molar-refractivity contribution < 1.29 is 0 Å². The molecule has 1 fully saturated rings. The molecular formula is C13H17ClN6. The number of hydrazine groups is 1. The lowest BCUT2D eigenvalue weighted by Crippen LogP contribution is -2.50. The highest BCUT2D eigenvalue weighted by Gasteiger charge is 2.27. The molecule has 2 aromatic rings. The summed E-state index contributed by atoms with van der Waals surface area (Å²) < 4.78 is 0. The van der Waals surface area contributed by atoms with E-state index in [1.54, 1.807) is 6.20 Å². The van der Waals surface area contributed by atoms with Crippen molar-refractivity contribution in [2.75, 3.05) is 26.2 Å². The first-order valence-corrected chi connectivity index (χ1v) is 6.96. The maximum Gasteiger partial charge on any atom is 0.104 e. The van der Waals surface area contributed by atoms with Gasteiger partial charge in [-0.3, -0.25) is 10.7 Å². The molecule has 0 amide bonds. The van der Waals surface area contributed by atoms with Gasteiger partial charge < -0.3 is 0 Å². The SMILES string of the molecule is NN1CCN(C(c2ccc(Cl)cc2)c2cn[nH]n2)CC1. The lowest BCUT2D eigenvalue weighted by molar-refractivity contribution is 0.109. The van der Waals surface area contributed by atoms with Crippen molar-refractivity contribution in [1.82, 2.24) is 25.3 Å². The summed E-state index contributed by atoms with van der Waals surface area (Å²) in [5.41, 5.74) is 2.08. The fraction of sp³-hybridized carbons (Fsp3) is 0.385. The highest BCUT2D eigenvalue weighted by molar-refractivity contribution is 6.30. The molecule has 0 aliphatic carbocycles. The van der Waals surface area contributed by atoms with Crippen LogP contribution in [0.3, 0.4) is 0 Å². The third-order valence-electron chi connectivity index (χ3n) is 3.61. The molecule has 1 aromatic heterocycles. The van der Waals surface area contributed by atoms with Gasteiger partial charge in [-0.25, -0.2) is 5.01 Å². The molecular weight excluding hydrogens is 276 g/mol. The molecule has 1 aliphatic rings. The molecule has 1 unspecified atom stereocenters. The van der Waals surface area contributed by atoms with Gasteiger partial charge in [0, 0.05) is 31.2 Å². The van der Waals surface area contributed by atoms with E-state index in [2.05, 4.69) is 20.3 Å². The van der Waals surface area contributed by atoms with Crippen LogP contribution in [0, 0.1) is 0 Å². The monoisotopic (exact) mass is 292 g/mol.